The van der Waals surface area contributed by atoms with Crippen molar-refractivity contribution in [3.8, 4) is 6.07 Å². The quantitative estimate of drug-likeness (QED) is 0.841. The first-order chi connectivity index (χ1) is 10.5. The van der Waals surface area contributed by atoms with Gasteiger partial charge in [0.25, 0.3) is 11.8 Å². The van der Waals surface area contributed by atoms with Crippen molar-refractivity contribution in [1.29, 1.82) is 5.26 Å². The molecule has 1 aliphatic heterocycles. The van der Waals surface area contributed by atoms with E-state index < -0.39 is 53.5 Å². The molecule has 0 spiro atoms. The van der Waals surface area contributed by atoms with Crippen molar-refractivity contribution in [2.45, 2.75) is 24.9 Å². The van der Waals surface area contributed by atoms with E-state index in [9.17, 15) is 26.7 Å². The molecule has 0 atom stereocenters. The number of pyridine rings is 1. The van der Waals surface area contributed by atoms with Crippen LogP contribution in [0.1, 0.15) is 34.5 Å². The molecule has 0 aromatic carbocycles. The fraction of sp³-hybridized carbons (Fsp3) is 0.462. The Kier molecular flexibility index (Phi) is 4.15. The van der Waals surface area contributed by atoms with E-state index in [4.69, 9.17) is 11.0 Å². The van der Waals surface area contributed by atoms with Gasteiger partial charge in [0.15, 0.2) is 5.69 Å². The molecule has 23 heavy (non-hydrogen) atoms. The van der Waals surface area contributed by atoms with Gasteiger partial charge in [-0.15, -0.1) is 0 Å². The van der Waals surface area contributed by atoms with Gasteiger partial charge in [0.2, 0.25) is 0 Å². The Bertz CT molecular complexity index is 670. The van der Waals surface area contributed by atoms with Gasteiger partial charge in [-0.1, -0.05) is 0 Å². The minimum Gasteiger partial charge on any atom is -0.365 e. The molecular weight excluding hydrogens is 323 g/mol. The number of primary amides is 1. The van der Waals surface area contributed by atoms with Crippen LogP contribution in [0.5, 0.6) is 0 Å². The summed E-state index contributed by atoms with van der Waals surface area (Å²) in [6.45, 7) is -0.549. The number of hydrogen-bond donors (Lipinski definition) is 1. The van der Waals surface area contributed by atoms with E-state index in [1.165, 1.54) is 6.07 Å². The molecule has 0 radical (unpaired) electrons. The minimum atomic E-state index is -4.92. The van der Waals surface area contributed by atoms with E-state index in [1.54, 1.807) is 0 Å². The Morgan fingerprint density at radius 3 is 2.35 bits per heavy atom. The maximum atomic E-state index is 13.2. The summed E-state index contributed by atoms with van der Waals surface area (Å²) in [7, 11) is 0. The number of carbonyl (C=O) groups is 1. The van der Waals surface area contributed by atoms with Crippen LogP contribution in [0.3, 0.4) is 0 Å². The Morgan fingerprint density at radius 1 is 1.35 bits per heavy atom. The number of alkyl halides is 5. The predicted octanol–water partition coefficient (Wildman–Crippen LogP) is 2.31. The van der Waals surface area contributed by atoms with Gasteiger partial charge in [-0.05, 0) is 6.07 Å². The lowest BCUT2D eigenvalue weighted by molar-refractivity contribution is -0.141. The third kappa shape index (κ3) is 3.49. The number of nitrogens with two attached hydrogens (primary N) is 1. The molecule has 1 aliphatic rings. The number of hydrogen-bond acceptors (Lipinski definition) is 4. The topological polar surface area (TPSA) is 83.0 Å². The molecule has 0 aliphatic carbocycles. The Labute approximate surface area is 127 Å². The van der Waals surface area contributed by atoms with Crippen molar-refractivity contribution in [2.75, 3.05) is 18.0 Å². The van der Waals surface area contributed by atoms with Crippen LogP contribution in [0.4, 0.5) is 27.8 Å². The second-order valence-electron chi connectivity index (χ2n) is 5.07. The monoisotopic (exact) mass is 334 g/mol. The molecule has 1 saturated heterocycles. The van der Waals surface area contributed by atoms with Crippen LogP contribution >= 0.6 is 0 Å². The number of rotatable bonds is 2. The van der Waals surface area contributed by atoms with Gasteiger partial charge in [-0.2, -0.15) is 18.4 Å². The summed E-state index contributed by atoms with van der Waals surface area (Å²) < 4.78 is 65.3. The van der Waals surface area contributed by atoms with Crippen molar-refractivity contribution in [2.24, 2.45) is 5.73 Å². The van der Waals surface area contributed by atoms with E-state index in [0.717, 1.165) is 4.90 Å². The first kappa shape index (κ1) is 16.9. The maximum Gasteiger partial charge on any atom is 0.434 e. The highest BCUT2D eigenvalue weighted by atomic mass is 19.4. The van der Waals surface area contributed by atoms with E-state index >= 15 is 0 Å². The van der Waals surface area contributed by atoms with Crippen LogP contribution in [0, 0.1) is 11.3 Å². The average molecular weight is 334 g/mol. The molecule has 1 amide bonds. The second-order valence-corrected chi connectivity index (χ2v) is 5.07. The third-order valence-electron chi connectivity index (χ3n) is 3.45. The lowest BCUT2D eigenvalue weighted by Crippen LogP contribution is -2.41. The zero-order valence-electron chi connectivity index (χ0n) is 11.6. The molecule has 2 heterocycles. The third-order valence-corrected chi connectivity index (χ3v) is 3.45. The van der Waals surface area contributed by atoms with Gasteiger partial charge in [0.05, 0.1) is 11.1 Å². The molecule has 10 heteroatoms. The van der Waals surface area contributed by atoms with E-state index in [0.29, 0.717) is 6.07 Å². The molecule has 0 unspecified atom stereocenters. The summed E-state index contributed by atoms with van der Waals surface area (Å²) in [4.78, 5) is 15.9. The molecule has 2 N–H and O–H groups in total. The lowest BCUT2D eigenvalue weighted by Gasteiger charge is -2.33. The molecule has 2 rings (SSSR count). The van der Waals surface area contributed by atoms with Gasteiger partial charge in [-0.3, -0.25) is 4.79 Å². The van der Waals surface area contributed by atoms with Crippen molar-refractivity contribution < 1.29 is 26.7 Å². The van der Waals surface area contributed by atoms with Gasteiger partial charge in [0.1, 0.15) is 11.9 Å². The molecule has 0 saturated carbocycles. The normalized spacial score (nSPS) is 17.7. The first-order valence-corrected chi connectivity index (χ1v) is 6.50. The summed E-state index contributed by atoms with van der Waals surface area (Å²) in [5.41, 5.74) is 2.39. The van der Waals surface area contributed by atoms with E-state index in [-0.39, 0.29) is 13.1 Å². The number of halogens is 5. The second kappa shape index (κ2) is 5.64. The maximum absolute atomic E-state index is 13.2. The van der Waals surface area contributed by atoms with Crippen LogP contribution in [-0.2, 0) is 6.18 Å². The molecule has 1 aromatic heterocycles. The Balaban J connectivity index is 2.53. The van der Waals surface area contributed by atoms with Crippen molar-refractivity contribution in [3.63, 3.8) is 0 Å². The van der Waals surface area contributed by atoms with Crippen LogP contribution in [0.25, 0.3) is 0 Å². The molecule has 1 fully saturated rings. The smallest absolute Gasteiger partial charge is 0.365 e. The summed E-state index contributed by atoms with van der Waals surface area (Å²) in [5.74, 6) is -4.43. The highest BCUT2D eigenvalue weighted by Crippen LogP contribution is 2.35. The molecular formula is C13H11F5N4O. The van der Waals surface area contributed by atoms with Gasteiger partial charge < -0.3 is 10.6 Å². The molecule has 0 bridgehead atoms. The van der Waals surface area contributed by atoms with Crippen LogP contribution < -0.4 is 10.6 Å². The number of piperidine rings is 1. The molecule has 1 aromatic rings. The Morgan fingerprint density at radius 2 is 1.91 bits per heavy atom. The number of amides is 1. The van der Waals surface area contributed by atoms with Gasteiger partial charge >= 0.3 is 6.18 Å². The summed E-state index contributed by atoms with van der Waals surface area (Å²) in [6, 6.07) is 2.01. The highest BCUT2D eigenvalue weighted by molar-refractivity contribution is 5.98. The molecule has 124 valence electrons. The fourth-order valence-corrected chi connectivity index (χ4v) is 2.27. The Hall–Kier alpha value is -2.44. The largest absolute Gasteiger partial charge is 0.434 e. The number of anilines is 1. The molecule has 5 nitrogen and oxygen atoms in total. The summed E-state index contributed by atoms with van der Waals surface area (Å²) >= 11 is 0. The highest BCUT2D eigenvalue weighted by Gasteiger charge is 2.39. The zero-order chi connectivity index (χ0) is 17.4. The number of nitrogens with zero attached hydrogens (tertiary/aromatic N) is 3. The van der Waals surface area contributed by atoms with Gasteiger partial charge in [-0.25, -0.2) is 13.8 Å². The number of carbonyl (C=O) groups excluding carboxylic acids is 1. The van der Waals surface area contributed by atoms with Crippen molar-refractivity contribution in [3.05, 3.63) is 22.9 Å². The first-order valence-electron chi connectivity index (χ1n) is 6.50. The summed E-state index contributed by atoms with van der Waals surface area (Å²) in [5, 5.41) is 8.80. The van der Waals surface area contributed by atoms with Gasteiger partial charge in [0, 0.05) is 25.9 Å². The zero-order valence-corrected chi connectivity index (χ0v) is 11.6. The van der Waals surface area contributed by atoms with Crippen LogP contribution in [-0.4, -0.2) is 29.9 Å². The summed E-state index contributed by atoms with van der Waals surface area (Å²) in [6.07, 6.45) is -6.07. The van der Waals surface area contributed by atoms with Crippen LogP contribution in [0.15, 0.2) is 6.07 Å². The number of aromatic nitrogens is 1. The average Bonchev–Trinajstić information content (AvgIpc) is 2.45. The van der Waals surface area contributed by atoms with Crippen molar-refractivity contribution >= 4 is 11.7 Å². The van der Waals surface area contributed by atoms with Crippen molar-refractivity contribution in [1.82, 2.24) is 4.98 Å². The standard InChI is InChI=1S/C13H11F5N4O/c14-12(15)1-3-22(4-2-12)11-8(10(20)23)5-7(6-19)9(21-11)13(16,17)18/h5H,1-4H2,(H2,20,23). The number of nitriles is 1. The SMILES string of the molecule is N#Cc1cc(C(N)=O)c(N2CCC(F)(F)CC2)nc1C(F)(F)F. The van der Waals surface area contributed by atoms with E-state index in [2.05, 4.69) is 4.98 Å². The lowest BCUT2D eigenvalue weighted by atomic mass is 10.0. The van der Waals surface area contributed by atoms with Crippen LogP contribution in [0.2, 0.25) is 0 Å². The van der Waals surface area contributed by atoms with E-state index in [1.807, 2.05) is 0 Å². The minimum absolute atomic E-state index is 0.274. The fourth-order valence-electron chi connectivity index (χ4n) is 2.27. The predicted molar refractivity (Wildman–Crippen MR) is 68.9 cm³/mol.